The van der Waals surface area contributed by atoms with Crippen LogP contribution in [0.15, 0.2) is 37.1 Å². The van der Waals surface area contributed by atoms with E-state index in [2.05, 4.69) is 19.9 Å². The predicted octanol–water partition coefficient (Wildman–Crippen LogP) is 1.89. The Labute approximate surface area is 251 Å². The van der Waals surface area contributed by atoms with Gasteiger partial charge in [-0.25, -0.2) is 37.3 Å². The van der Waals surface area contributed by atoms with Gasteiger partial charge in [0.25, 0.3) is 6.43 Å². The van der Waals surface area contributed by atoms with Crippen molar-refractivity contribution in [3.63, 3.8) is 0 Å². The van der Waals surface area contributed by atoms with Crippen LogP contribution in [0.4, 0.5) is 33.9 Å². The number of nitrogens with one attached hydrogen (secondary N) is 1. The van der Waals surface area contributed by atoms with E-state index in [9.17, 15) is 27.9 Å². The molecule has 14 nitrogen and oxygen atoms in total. The zero-order valence-electron chi connectivity index (χ0n) is 23.3. The Morgan fingerprint density at radius 3 is 2.64 bits per heavy atom. The molecule has 2 atom stereocenters. The first-order chi connectivity index (χ1) is 21.4. The number of amides is 1. The first-order valence-corrected chi connectivity index (χ1v) is 13.4. The summed E-state index contributed by atoms with van der Waals surface area (Å²) < 4.78 is 63.4. The van der Waals surface area contributed by atoms with Crippen molar-refractivity contribution in [1.82, 2.24) is 29.8 Å². The fourth-order valence-corrected chi connectivity index (χ4v) is 5.14. The number of ether oxygens (including phenoxy) is 1. The molecule has 0 spiro atoms. The lowest BCUT2D eigenvalue weighted by molar-refractivity contribution is -0.135. The molecule has 5 rings (SSSR count). The maximum atomic E-state index is 15.3. The molecule has 0 radical (unpaired) electrons. The van der Waals surface area contributed by atoms with Gasteiger partial charge >= 0.3 is 12.1 Å². The SMILES string of the molecule is Nc1ncnc2c1ncn2Cc1cc(-c2cc(F)c(OC(=O)NCC(=O)O)cc2F)ncc1N1CCC[C@](N)([C@H](O)C(F)F)C1. The molecule has 238 valence electrons. The van der Waals surface area contributed by atoms with Crippen LogP contribution in [0.3, 0.4) is 0 Å². The van der Waals surface area contributed by atoms with Crippen LogP contribution in [0.5, 0.6) is 5.75 Å². The lowest BCUT2D eigenvalue weighted by Gasteiger charge is -2.44. The lowest BCUT2D eigenvalue weighted by Crippen LogP contribution is -2.63. The second-order valence-electron chi connectivity index (χ2n) is 10.4. The molecule has 1 fully saturated rings. The van der Waals surface area contributed by atoms with Gasteiger partial charge in [0.05, 0.1) is 36.0 Å². The molecule has 0 unspecified atom stereocenters. The fourth-order valence-electron chi connectivity index (χ4n) is 5.14. The van der Waals surface area contributed by atoms with Crippen molar-refractivity contribution in [2.45, 2.75) is 37.5 Å². The molecule has 7 N–H and O–H groups in total. The molecule has 18 heteroatoms. The van der Waals surface area contributed by atoms with Gasteiger partial charge in [-0.05, 0) is 30.5 Å². The molecule has 1 aromatic carbocycles. The molecule has 1 saturated heterocycles. The molecule has 0 saturated carbocycles. The summed E-state index contributed by atoms with van der Waals surface area (Å²) in [7, 11) is 0. The number of rotatable bonds is 9. The second kappa shape index (κ2) is 12.5. The number of piperidine rings is 1. The number of anilines is 2. The first-order valence-electron chi connectivity index (χ1n) is 13.4. The number of carboxylic acids is 1. The molecule has 1 amide bonds. The number of hydrogen-bond donors (Lipinski definition) is 5. The Bertz CT molecular complexity index is 1760. The van der Waals surface area contributed by atoms with Crippen molar-refractivity contribution >= 4 is 34.7 Å². The fraction of sp³-hybridized carbons (Fsp3) is 0.333. The topological polar surface area (TPSA) is 208 Å². The van der Waals surface area contributed by atoms with Crippen molar-refractivity contribution in [3.05, 3.63) is 54.2 Å². The highest BCUT2D eigenvalue weighted by atomic mass is 19.3. The monoisotopic (exact) mass is 633 g/mol. The standard InChI is InChI=1S/C27H27F4N9O5/c28-15-6-19(45-26(44)35-8-20(41)42)16(29)5-14(15)17-4-13(9-40-12-38-21-24(32)36-11-37-25(21)40)18(7-34-17)39-3-1-2-27(33,10-39)22(43)23(30)31/h4-7,11-12,22-23,43H,1-3,8-10,33H2,(H,35,44)(H,41,42)(H2,32,36,37)/t22-,27-/m1/s1. The van der Waals surface area contributed by atoms with Gasteiger partial charge in [-0.2, -0.15) is 0 Å². The number of halogens is 4. The zero-order chi connectivity index (χ0) is 32.5. The lowest BCUT2D eigenvalue weighted by atomic mass is 9.84. The van der Waals surface area contributed by atoms with Crippen LogP contribution in [0, 0.1) is 11.6 Å². The molecule has 4 aromatic rings. The summed E-state index contributed by atoms with van der Waals surface area (Å²) in [5, 5.41) is 20.7. The summed E-state index contributed by atoms with van der Waals surface area (Å²) in [6.45, 7) is -0.528. The van der Waals surface area contributed by atoms with Crippen LogP contribution in [-0.2, 0) is 11.3 Å². The quantitative estimate of drug-likeness (QED) is 0.168. The maximum Gasteiger partial charge on any atom is 0.413 e. The van der Waals surface area contributed by atoms with Gasteiger partial charge < -0.3 is 41.2 Å². The number of nitrogen functional groups attached to an aromatic ring is 1. The Hall–Kier alpha value is -5.10. The normalized spacial score (nSPS) is 17.4. The number of fused-ring (bicyclic) bond motifs is 1. The first kappa shape index (κ1) is 31.3. The predicted molar refractivity (Wildman–Crippen MR) is 150 cm³/mol. The molecule has 0 aliphatic carbocycles. The molecule has 45 heavy (non-hydrogen) atoms. The number of carboxylic acid groups (broad SMARTS) is 1. The summed E-state index contributed by atoms with van der Waals surface area (Å²) in [5.41, 5.74) is 11.8. The molecular formula is C27H27F4N9O5. The van der Waals surface area contributed by atoms with Gasteiger partial charge in [-0.1, -0.05) is 0 Å². The molecule has 1 aliphatic rings. The molecular weight excluding hydrogens is 606 g/mol. The van der Waals surface area contributed by atoms with E-state index in [-0.39, 0.29) is 36.6 Å². The van der Waals surface area contributed by atoms with Gasteiger partial charge in [-0.15, -0.1) is 0 Å². The summed E-state index contributed by atoms with van der Waals surface area (Å²) in [6, 6.07) is 2.83. The number of nitrogens with two attached hydrogens (primary N) is 2. The minimum absolute atomic E-state index is 0.0331. The number of aromatic nitrogens is 5. The number of carbonyl (C=O) groups excluding carboxylic acids is 1. The van der Waals surface area contributed by atoms with Gasteiger partial charge in [-0.3, -0.25) is 9.78 Å². The van der Waals surface area contributed by atoms with E-state index in [1.165, 1.54) is 24.9 Å². The number of imidazole rings is 1. The number of alkyl halides is 2. The van der Waals surface area contributed by atoms with Crippen molar-refractivity contribution in [3.8, 4) is 17.0 Å². The number of nitrogens with zero attached hydrogens (tertiary/aromatic N) is 6. The van der Waals surface area contributed by atoms with Gasteiger partial charge in [0.1, 0.15) is 30.3 Å². The molecule has 4 heterocycles. The number of aliphatic carboxylic acids is 1. The summed E-state index contributed by atoms with van der Waals surface area (Å²) >= 11 is 0. The minimum Gasteiger partial charge on any atom is -0.480 e. The maximum absolute atomic E-state index is 15.3. The number of aliphatic hydroxyl groups excluding tert-OH is 1. The van der Waals surface area contributed by atoms with Crippen LogP contribution >= 0.6 is 0 Å². The van der Waals surface area contributed by atoms with Crippen LogP contribution in [0.2, 0.25) is 0 Å². The third-order valence-electron chi connectivity index (χ3n) is 7.34. The van der Waals surface area contributed by atoms with Crippen molar-refractivity contribution in [1.29, 1.82) is 0 Å². The van der Waals surface area contributed by atoms with E-state index in [0.717, 1.165) is 6.07 Å². The van der Waals surface area contributed by atoms with E-state index in [1.54, 1.807) is 9.47 Å². The minimum atomic E-state index is -3.06. The van der Waals surface area contributed by atoms with E-state index in [1.807, 2.05) is 5.32 Å². The van der Waals surface area contributed by atoms with Crippen molar-refractivity contribution in [2.24, 2.45) is 5.73 Å². The largest absolute Gasteiger partial charge is 0.480 e. The van der Waals surface area contributed by atoms with Crippen LogP contribution < -0.4 is 26.4 Å². The summed E-state index contributed by atoms with van der Waals surface area (Å²) in [5.74, 6) is -4.18. The molecule has 1 aliphatic heterocycles. The number of benzene rings is 1. The van der Waals surface area contributed by atoms with Crippen LogP contribution in [0.25, 0.3) is 22.4 Å². The van der Waals surface area contributed by atoms with Gasteiger partial charge in [0.2, 0.25) is 0 Å². The highest BCUT2D eigenvalue weighted by Crippen LogP contribution is 2.35. The zero-order valence-corrected chi connectivity index (χ0v) is 23.3. The summed E-state index contributed by atoms with van der Waals surface area (Å²) in [4.78, 5) is 40.8. The third kappa shape index (κ3) is 6.55. The Kier molecular flexibility index (Phi) is 8.69. The molecule has 0 bridgehead atoms. The Balaban J connectivity index is 1.53. The Morgan fingerprint density at radius 1 is 1.13 bits per heavy atom. The highest BCUT2D eigenvalue weighted by Gasteiger charge is 2.43. The number of pyridine rings is 1. The van der Waals surface area contributed by atoms with Gasteiger partial charge in [0, 0.05) is 24.7 Å². The molecule has 3 aromatic heterocycles. The van der Waals surface area contributed by atoms with E-state index < -0.39 is 54.1 Å². The number of hydrogen-bond acceptors (Lipinski definition) is 11. The van der Waals surface area contributed by atoms with Crippen molar-refractivity contribution in [2.75, 3.05) is 30.3 Å². The smallest absolute Gasteiger partial charge is 0.413 e. The van der Waals surface area contributed by atoms with Crippen molar-refractivity contribution < 1.29 is 42.1 Å². The number of aliphatic hydroxyl groups is 1. The second-order valence-corrected chi connectivity index (χ2v) is 10.4. The third-order valence-corrected chi connectivity index (χ3v) is 7.34. The van der Waals surface area contributed by atoms with Crippen LogP contribution in [0.1, 0.15) is 18.4 Å². The van der Waals surface area contributed by atoms with Crippen LogP contribution in [-0.4, -0.2) is 84.5 Å². The van der Waals surface area contributed by atoms with E-state index >= 15 is 4.39 Å². The summed E-state index contributed by atoms with van der Waals surface area (Å²) in [6.07, 6.45) is -1.88. The van der Waals surface area contributed by atoms with E-state index in [0.29, 0.717) is 41.4 Å². The van der Waals surface area contributed by atoms with Gasteiger partial charge in [0.15, 0.2) is 23.0 Å². The average molecular weight is 634 g/mol. The van der Waals surface area contributed by atoms with E-state index in [4.69, 9.17) is 21.3 Å². The highest BCUT2D eigenvalue weighted by molar-refractivity contribution is 5.81. The Morgan fingerprint density at radius 2 is 1.91 bits per heavy atom. The number of carbonyl (C=O) groups is 2. The average Bonchev–Trinajstić information content (AvgIpc) is 3.41.